The second-order valence-electron chi connectivity index (χ2n) is 4.78. The van der Waals surface area contributed by atoms with Crippen LogP contribution in [0.15, 0.2) is 30.6 Å². The summed E-state index contributed by atoms with van der Waals surface area (Å²) in [5, 5.41) is 0. The van der Waals surface area contributed by atoms with Crippen molar-refractivity contribution in [3.63, 3.8) is 0 Å². The Morgan fingerprint density at radius 2 is 1.95 bits per heavy atom. The molecule has 0 bridgehead atoms. The summed E-state index contributed by atoms with van der Waals surface area (Å²) in [5.41, 5.74) is 1.01. The normalized spacial score (nSPS) is 17.0. The second-order valence-corrected chi connectivity index (χ2v) is 4.78. The van der Waals surface area contributed by atoms with Crippen LogP contribution in [-0.2, 0) is 4.79 Å². The van der Waals surface area contributed by atoms with Crippen molar-refractivity contribution < 1.29 is 4.79 Å². The van der Waals surface area contributed by atoms with E-state index in [1.165, 1.54) is 6.42 Å². The van der Waals surface area contributed by atoms with Crippen LogP contribution in [0.25, 0.3) is 6.08 Å². The zero-order valence-corrected chi connectivity index (χ0v) is 11.5. The summed E-state index contributed by atoms with van der Waals surface area (Å²) < 4.78 is 0. The van der Waals surface area contributed by atoms with Crippen molar-refractivity contribution in [1.82, 2.24) is 14.8 Å². The summed E-state index contributed by atoms with van der Waals surface area (Å²) in [5.74, 6) is 0.105. The van der Waals surface area contributed by atoms with Gasteiger partial charge in [-0.05, 0) is 36.7 Å². The smallest absolute Gasteiger partial charge is 0.246 e. The van der Waals surface area contributed by atoms with Crippen LogP contribution < -0.4 is 0 Å². The van der Waals surface area contributed by atoms with E-state index in [1.807, 2.05) is 23.1 Å². The predicted molar refractivity (Wildman–Crippen MR) is 76.6 cm³/mol. The first-order valence-electron chi connectivity index (χ1n) is 6.89. The van der Waals surface area contributed by atoms with Gasteiger partial charge in [0.05, 0.1) is 0 Å². The maximum absolute atomic E-state index is 12.0. The van der Waals surface area contributed by atoms with Crippen LogP contribution in [0.2, 0.25) is 0 Å². The number of pyridine rings is 1. The highest BCUT2D eigenvalue weighted by Gasteiger charge is 2.18. The third kappa shape index (κ3) is 4.17. The number of nitrogens with zero attached hydrogens (tertiary/aromatic N) is 3. The fourth-order valence-electron chi connectivity index (χ4n) is 2.26. The molecule has 4 heteroatoms. The van der Waals surface area contributed by atoms with Gasteiger partial charge in [-0.15, -0.1) is 0 Å². The Morgan fingerprint density at radius 3 is 2.58 bits per heavy atom. The van der Waals surface area contributed by atoms with Crippen LogP contribution in [-0.4, -0.2) is 53.4 Å². The highest BCUT2D eigenvalue weighted by molar-refractivity contribution is 5.91. The third-order valence-corrected chi connectivity index (χ3v) is 3.35. The molecule has 1 saturated heterocycles. The highest BCUT2D eigenvalue weighted by Crippen LogP contribution is 2.05. The predicted octanol–water partition coefficient (Wildman–Crippen LogP) is 1.65. The molecular weight excluding hydrogens is 238 g/mol. The number of aromatic nitrogens is 1. The lowest BCUT2D eigenvalue weighted by molar-refractivity contribution is -0.127. The zero-order valence-electron chi connectivity index (χ0n) is 11.5. The SMILES string of the molecule is CCCN1CCN(C(=O)C=Cc2ccncc2)CC1. The fraction of sp³-hybridized carbons (Fsp3) is 0.467. The minimum Gasteiger partial charge on any atom is -0.337 e. The lowest BCUT2D eigenvalue weighted by Gasteiger charge is -2.34. The van der Waals surface area contributed by atoms with E-state index < -0.39 is 0 Å². The van der Waals surface area contributed by atoms with Gasteiger partial charge in [0.1, 0.15) is 0 Å². The van der Waals surface area contributed by atoms with Gasteiger partial charge in [0.2, 0.25) is 5.91 Å². The van der Waals surface area contributed by atoms with Crippen LogP contribution in [0.4, 0.5) is 0 Å². The van der Waals surface area contributed by atoms with E-state index in [4.69, 9.17) is 0 Å². The van der Waals surface area contributed by atoms with Gasteiger partial charge >= 0.3 is 0 Å². The van der Waals surface area contributed by atoms with Crippen molar-refractivity contribution in [3.05, 3.63) is 36.2 Å². The van der Waals surface area contributed by atoms with Crippen molar-refractivity contribution in [3.8, 4) is 0 Å². The number of rotatable bonds is 4. The Kier molecular flexibility index (Phi) is 5.10. The number of carbonyl (C=O) groups is 1. The molecule has 0 unspecified atom stereocenters. The van der Waals surface area contributed by atoms with Crippen molar-refractivity contribution in [2.75, 3.05) is 32.7 Å². The van der Waals surface area contributed by atoms with Gasteiger partial charge in [-0.1, -0.05) is 6.92 Å². The molecule has 0 N–H and O–H groups in total. The zero-order chi connectivity index (χ0) is 13.5. The molecule has 102 valence electrons. The van der Waals surface area contributed by atoms with Crippen LogP contribution in [0, 0.1) is 0 Å². The highest BCUT2D eigenvalue weighted by atomic mass is 16.2. The van der Waals surface area contributed by atoms with Crippen molar-refractivity contribution in [2.45, 2.75) is 13.3 Å². The molecule has 1 amide bonds. The molecule has 2 heterocycles. The molecule has 0 saturated carbocycles. The minimum atomic E-state index is 0.105. The molecule has 19 heavy (non-hydrogen) atoms. The van der Waals surface area contributed by atoms with Gasteiger partial charge in [-0.3, -0.25) is 14.7 Å². The summed E-state index contributed by atoms with van der Waals surface area (Å²) in [6.07, 6.45) is 8.14. The number of hydrogen-bond acceptors (Lipinski definition) is 3. The number of amides is 1. The molecule has 0 atom stereocenters. The van der Waals surface area contributed by atoms with Crippen LogP contribution in [0.1, 0.15) is 18.9 Å². The summed E-state index contributed by atoms with van der Waals surface area (Å²) in [6, 6.07) is 3.78. The molecule has 0 radical (unpaired) electrons. The number of hydrogen-bond donors (Lipinski definition) is 0. The van der Waals surface area contributed by atoms with Crippen LogP contribution in [0.3, 0.4) is 0 Å². The van der Waals surface area contributed by atoms with Gasteiger partial charge in [0.15, 0.2) is 0 Å². The number of carbonyl (C=O) groups excluding carboxylic acids is 1. The first-order chi connectivity index (χ1) is 9.29. The Labute approximate surface area is 114 Å². The van der Waals surface area contributed by atoms with E-state index in [9.17, 15) is 4.79 Å². The Balaban J connectivity index is 1.83. The topological polar surface area (TPSA) is 36.4 Å². The van der Waals surface area contributed by atoms with E-state index >= 15 is 0 Å². The molecular formula is C15H21N3O. The Bertz CT molecular complexity index is 422. The van der Waals surface area contributed by atoms with Crippen molar-refractivity contribution in [2.24, 2.45) is 0 Å². The molecule has 1 aromatic heterocycles. The van der Waals surface area contributed by atoms with Gasteiger partial charge < -0.3 is 4.90 Å². The molecule has 1 aliphatic rings. The standard InChI is InChI=1S/C15H21N3O/c1-2-9-17-10-12-18(13-11-17)15(19)4-3-14-5-7-16-8-6-14/h3-8H,2,9-13H2,1H3. The van der Waals surface area contributed by atoms with Gasteiger partial charge in [-0.25, -0.2) is 0 Å². The summed E-state index contributed by atoms with van der Waals surface area (Å²) >= 11 is 0. The summed E-state index contributed by atoms with van der Waals surface area (Å²) in [4.78, 5) is 20.3. The maximum Gasteiger partial charge on any atom is 0.246 e. The molecule has 1 fully saturated rings. The third-order valence-electron chi connectivity index (χ3n) is 3.35. The molecule has 0 aromatic carbocycles. The average Bonchev–Trinajstić information content (AvgIpc) is 2.47. The monoisotopic (exact) mass is 259 g/mol. The first-order valence-corrected chi connectivity index (χ1v) is 6.89. The molecule has 0 aliphatic carbocycles. The van der Waals surface area contributed by atoms with E-state index in [2.05, 4.69) is 16.8 Å². The maximum atomic E-state index is 12.0. The lowest BCUT2D eigenvalue weighted by Crippen LogP contribution is -2.48. The Morgan fingerprint density at radius 1 is 1.26 bits per heavy atom. The summed E-state index contributed by atoms with van der Waals surface area (Å²) in [7, 11) is 0. The van der Waals surface area contributed by atoms with Crippen molar-refractivity contribution >= 4 is 12.0 Å². The molecule has 1 aromatic rings. The largest absolute Gasteiger partial charge is 0.337 e. The fourth-order valence-corrected chi connectivity index (χ4v) is 2.26. The van der Waals surface area contributed by atoms with Gasteiger partial charge in [0.25, 0.3) is 0 Å². The minimum absolute atomic E-state index is 0.105. The van der Waals surface area contributed by atoms with Gasteiger partial charge in [0, 0.05) is 44.6 Å². The summed E-state index contributed by atoms with van der Waals surface area (Å²) in [6.45, 7) is 6.97. The molecule has 4 nitrogen and oxygen atoms in total. The first kappa shape index (κ1) is 13.7. The van der Waals surface area contributed by atoms with E-state index in [0.717, 1.165) is 38.3 Å². The number of piperazine rings is 1. The molecule has 0 spiro atoms. The van der Waals surface area contributed by atoms with Crippen molar-refractivity contribution in [1.29, 1.82) is 0 Å². The van der Waals surface area contributed by atoms with Gasteiger partial charge in [-0.2, -0.15) is 0 Å². The van der Waals surface area contributed by atoms with E-state index in [1.54, 1.807) is 18.5 Å². The molecule has 1 aliphatic heterocycles. The van der Waals surface area contributed by atoms with Crippen LogP contribution >= 0.6 is 0 Å². The van der Waals surface area contributed by atoms with Crippen LogP contribution in [0.5, 0.6) is 0 Å². The van der Waals surface area contributed by atoms with E-state index in [-0.39, 0.29) is 5.91 Å². The molecule has 2 rings (SSSR count). The Hall–Kier alpha value is -1.68. The lowest BCUT2D eigenvalue weighted by atomic mass is 10.2. The average molecular weight is 259 g/mol. The second kappa shape index (κ2) is 7.04. The quantitative estimate of drug-likeness (QED) is 0.771. The van der Waals surface area contributed by atoms with E-state index in [0.29, 0.717) is 0 Å².